The maximum atomic E-state index is 14.5. The summed E-state index contributed by atoms with van der Waals surface area (Å²) in [4.78, 5) is 0. The first-order chi connectivity index (χ1) is 12.5. The van der Waals surface area contributed by atoms with Gasteiger partial charge in [-0.1, -0.05) is 77.3 Å². The monoisotopic (exact) mass is 362 g/mol. The van der Waals surface area contributed by atoms with Crippen molar-refractivity contribution < 1.29 is 8.78 Å². The van der Waals surface area contributed by atoms with E-state index in [9.17, 15) is 8.78 Å². The highest BCUT2D eigenvalue weighted by Crippen LogP contribution is 2.33. The van der Waals surface area contributed by atoms with Crippen molar-refractivity contribution in [2.75, 3.05) is 0 Å². The summed E-state index contributed by atoms with van der Waals surface area (Å²) in [6.45, 7) is 4.63. The van der Waals surface area contributed by atoms with Gasteiger partial charge in [0.1, 0.15) is 0 Å². The molecule has 0 radical (unpaired) electrons. The van der Waals surface area contributed by atoms with Gasteiger partial charge in [0.2, 0.25) is 0 Å². The maximum Gasteiger partial charge on any atom is 0.162 e. The molecule has 0 atom stereocenters. The molecule has 3 rings (SSSR count). The van der Waals surface area contributed by atoms with Crippen LogP contribution < -0.4 is 0 Å². The van der Waals surface area contributed by atoms with Crippen LogP contribution in [0.25, 0.3) is 0 Å². The van der Waals surface area contributed by atoms with Crippen LogP contribution >= 0.6 is 0 Å². The zero-order chi connectivity index (χ0) is 18.5. The van der Waals surface area contributed by atoms with Crippen LogP contribution in [0, 0.1) is 35.3 Å². The predicted octanol–water partition coefficient (Wildman–Crippen LogP) is 7.48. The number of aryl methyl sites for hydroxylation is 2. The molecule has 2 heteroatoms. The second kappa shape index (κ2) is 9.33. The first-order valence-corrected chi connectivity index (χ1v) is 11.0. The van der Waals surface area contributed by atoms with Gasteiger partial charge in [0.15, 0.2) is 11.6 Å². The van der Waals surface area contributed by atoms with Gasteiger partial charge in [-0.3, -0.25) is 0 Å². The summed E-state index contributed by atoms with van der Waals surface area (Å²) in [5.74, 6) is 1.91. The number of benzene rings is 1. The normalized spacial score (nSPS) is 29.7. The average molecular weight is 363 g/mol. The van der Waals surface area contributed by atoms with E-state index in [1.165, 1.54) is 51.4 Å². The van der Waals surface area contributed by atoms with E-state index in [4.69, 9.17) is 0 Å². The Balaban J connectivity index is 1.51. The van der Waals surface area contributed by atoms with Crippen molar-refractivity contribution in [2.24, 2.45) is 23.7 Å². The van der Waals surface area contributed by atoms with E-state index < -0.39 is 11.6 Å². The van der Waals surface area contributed by atoms with Gasteiger partial charge >= 0.3 is 0 Å². The molecule has 0 aromatic heterocycles. The molecular weight excluding hydrogens is 326 g/mol. The minimum atomic E-state index is -0.580. The van der Waals surface area contributed by atoms with Crippen molar-refractivity contribution in [2.45, 2.75) is 90.9 Å². The Morgan fingerprint density at radius 3 is 1.35 bits per heavy atom. The second-order valence-electron chi connectivity index (χ2n) is 9.34. The molecule has 2 aliphatic rings. The predicted molar refractivity (Wildman–Crippen MR) is 105 cm³/mol. The summed E-state index contributed by atoms with van der Waals surface area (Å²) in [6.07, 6.45) is 13.6. The van der Waals surface area contributed by atoms with Crippen LogP contribution in [0.4, 0.5) is 8.78 Å². The molecule has 0 aliphatic heterocycles. The topological polar surface area (TPSA) is 0 Å². The van der Waals surface area contributed by atoms with Crippen molar-refractivity contribution in [1.82, 2.24) is 0 Å². The van der Waals surface area contributed by atoms with E-state index in [2.05, 4.69) is 13.8 Å². The van der Waals surface area contributed by atoms with Gasteiger partial charge in [-0.25, -0.2) is 8.78 Å². The zero-order valence-electron chi connectivity index (χ0n) is 16.7. The van der Waals surface area contributed by atoms with Crippen LogP contribution in [0.5, 0.6) is 0 Å². The van der Waals surface area contributed by atoms with Crippen LogP contribution in [-0.4, -0.2) is 0 Å². The molecule has 0 amide bonds. The fourth-order valence-corrected chi connectivity index (χ4v) is 4.97. The zero-order valence-corrected chi connectivity index (χ0v) is 16.7. The third kappa shape index (κ3) is 5.30. The van der Waals surface area contributed by atoms with Crippen LogP contribution in [-0.2, 0) is 12.8 Å². The van der Waals surface area contributed by atoms with Crippen LogP contribution in [0.2, 0.25) is 0 Å². The van der Waals surface area contributed by atoms with Gasteiger partial charge in [-0.2, -0.15) is 0 Å². The molecule has 0 spiro atoms. The minimum absolute atomic E-state index is 0.580. The molecule has 0 N–H and O–H groups in total. The van der Waals surface area contributed by atoms with Crippen molar-refractivity contribution in [1.29, 1.82) is 0 Å². The highest BCUT2D eigenvalue weighted by atomic mass is 19.2. The minimum Gasteiger partial charge on any atom is -0.203 e. The Morgan fingerprint density at radius 1 is 0.654 bits per heavy atom. The Labute approximate surface area is 158 Å². The molecule has 1 aromatic rings. The fraction of sp³-hybridized carbons (Fsp3) is 0.750. The Morgan fingerprint density at radius 2 is 1.00 bits per heavy atom. The van der Waals surface area contributed by atoms with Gasteiger partial charge in [0, 0.05) is 0 Å². The summed E-state index contributed by atoms with van der Waals surface area (Å²) in [7, 11) is 0. The third-order valence-corrected chi connectivity index (χ3v) is 7.16. The third-order valence-electron chi connectivity index (χ3n) is 7.16. The van der Waals surface area contributed by atoms with Gasteiger partial charge in [0.05, 0.1) is 0 Å². The van der Waals surface area contributed by atoms with E-state index in [1.54, 1.807) is 0 Å². The summed E-state index contributed by atoms with van der Waals surface area (Å²) in [5.41, 5.74) is 1.16. The lowest BCUT2D eigenvalue weighted by atomic mass is 9.80. The molecule has 0 bridgehead atoms. The standard InChI is InChI=1S/C24H36F2/c1-17-3-7-19(8-4-17)11-13-21-15-16-22(24(26)23(21)25)14-12-20-9-5-18(2)6-10-20/h15-20H,3-14H2,1-2H3. The highest BCUT2D eigenvalue weighted by Gasteiger charge is 2.21. The lowest BCUT2D eigenvalue weighted by molar-refractivity contribution is 0.276. The van der Waals surface area contributed by atoms with Crippen LogP contribution in [0.15, 0.2) is 12.1 Å². The van der Waals surface area contributed by atoms with Gasteiger partial charge < -0.3 is 0 Å². The van der Waals surface area contributed by atoms with Gasteiger partial charge in [-0.05, 0) is 60.5 Å². The molecule has 146 valence electrons. The summed E-state index contributed by atoms with van der Waals surface area (Å²) in [5, 5.41) is 0. The SMILES string of the molecule is CC1CCC(CCc2ccc(CCC3CCC(C)CC3)c(F)c2F)CC1. The first kappa shape index (κ1) is 19.8. The molecule has 1 aromatic carbocycles. The van der Waals surface area contributed by atoms with Gasteiger partial charge in [-0.15, -0.1) is 0 Å². The number of rotatable bonds is 6. The highest BCUT2D eigenvalue weighted by molar-refractivity contribution is 5.27. The second-order valence-corrected chi connectivity index (χ2v) is 9.34. The van der Waals surface area contributed by atoms with E-state index >= 15 is 0 Å². The Bertz CT molecular complexity index is 513. The number of hydrogen-bond acceptors (Lipinski definition) is 0. The fourth-order valence-electron chi connectivity index (χ4n) is 4.97. The first-order valence-electron chi connectivity index (χ1n) is 11.0. The molecule has 2 saturated carbocycles. The molecule has 26 heavy (non-hydrogen) atoms. The van der Waals surface area contributed by atoms with Crippen molar-refractivity contribution in [3.8, 4) is 0 Å². The molecule has 2 fully saturated rings. The maximum absolute atomic E-state index is 14.5. The Hall–Kier alpha value is -0.920. The van der Waals surface area contributed by atoms with Crippen molar-refractivity contribution in [3.05, 3.63) is 34.9 Å². The van der Waals surface area contributed by atoms with Crippen molar-refractivity contribution in [3.63, 3.8) is 0 Å². The summed E-state index contributed by atoms with van der Waals surface area (Å²) in [6, 6.07) is 3.70. The average Bonchev–Trinajstić information content (AvgIpc) is 2.65. The summed E-state index contributed by atoms with van der Waals surface area (Å²) < 4.78 is 29.0. The van der Waals surface area contributed by atoms with Crippen molar-refractivity contribution >= 4 is 0 Å². The van der Waals surface area contributed by atoms with Crippen LogP contribution in [0.1, 0.15) is 89.2 Å². The van der Waals surface area contributed by atoms with E-state index in [-0.39, 0.29) is 0 Å². The Kier molecular flexibility index (Phi) is 7.12. The smallest absolute Gasteiger partial charge is 0.162 e. The number of hydrogen-bond donors (Lipinski definition) is 0. The molecule has 2 aliphatic carbocycles. The lowest BCUT2D eigenvalue weighted by Crippen LogP contribution is -2.14. The summed E-state index contributed by atoms with van der Waals surface area (Å²) >= 11 is 0. The molecule has 0 nitrogen and oxygen atoms in total. The molecular formula is C24H36F2. The molecule has 0 heterocycles. The van der Waals surface area contributed by atoms with Gasteiger partial charge in [0.25, 0.3) is 0 Å². The van der Waals surface area contributed by atoms with Crippen LogP contribution in [0.3, 0.4) is 0 Å². The van der Waals surface area contributed by atoms with E-state index in [0.29, 0.717) is 35.8 Å². The molecule has 0 saturated heterocycles. The quantitative estimate of drug-likeness (QED) is 0.492. The van der Waals surface area contributed by atoms with E-state index in [1.807, 2.05) is 12.1 Å². The van der Waals surface area contributed by atoms with E-state index in [0.717, 1.165) is 24.7 Å². The largest absolute Gasteiger partial charge is 0.203 e. The lowest BCUT2D eigenvalue weighted by Gasteiger charge is -2.26. The number of halogens is 2. The molecule has 0 unspecified atom stereocenters.